The van der Waals surface area contributed by atoms with Crippen molar-refractivity contribution in [2.75, 3.05) is 38.8 Å². The van der Waals surface area contributed by atoms with Gasteiger partial charge in [0.25, 0.3) is 0 Å². The zero-order valence-electron chi connectivity index (χ0n) is 11.2. The van der Waals surface area contributed by atoms with E-state index in [1.54, 1.807) is 0 Å². The van der Waals surface area contributed by atoms with Crippen molar-refractivity contribution in [2.24, 2.45) is 5.73 Å². The van der Waals surface area contributed by atoms with E-state index in [1.807, 2.05) is 11.8 Å². The van der Waals surface area contributed by atoms with Gasteiger partial charge >= 0.3 is 0 Å². The summed E-state index contributed by atoms with van der Waals surface area (Å²) < 4.78 is 5.55. The SMILES string of the molecule is CSCCCC(CN)N(C)CCOC(C)C. The fourth-order valence-electron chi connectivity index (χ4n) is 1.60. The molecule has 98 valence electrons. The van der Waals surface area contributed by atoms with E-state index in [0.29, 0.717) is 12.1 Å². The molecule has 0 bridgehead atoms. The maximum absolute atomic E-state index is 5.80. The van der Waals surface area contributed by atoms with E-state index in [4.69, 9.17) is 10.5 Å². The van der Waals surface area contributed by atoms with E-state index in [1.165, 1.54) is 18.6 Å². The summed E-state index contributed by atoms with van der Waals surface area (Å²) in [4.78, 5) is 2.32. The summed E-state index contributed by atoms with van der Waals surface area (Å²) in [6.45, 7) is 6.65. The second-order valence-corrected chi connectivity index (χ2v) is 5.41. The smallest absolute Gasteiger partial charge is 0.0596 e. The number of nitrogens with zero attached hydrogens (tertiary/aromatic N) is 1. The topological polar surface area (TPSA) is 38.5 Å². The molecule has 1 unspecified atom stereocenters. The highest BCUT2D eigenvalue weighted by molar-refractivity contribution is 7.98. The predicted octanol–water partition coefficient (Wildman–Crippen LogP) is 1.81. The van der Waals surface area contributed by atoms with E-state index in [2.05, 4.69) is 32.1 Å². The van der Waals surface area contributed by atoms with E-state index in [-0.39, 0.29) is 0 Å². The Morgan fingerprint density at radius 1 is 1.38 bits per heavy atom. The number of likely N-dealkylation sites (N-methyl/N-ethyl adjacent to an activating group) is 1. The van der Waals surface area contributed by atoms with Crippen LogP contribution in [0.4, 0.5) is 0 Å². The van der Waals surface area contributed by atoms with Crippen LogP contribution in [0.25, 0.3) is 0 Å². The fourth-order valence-corrected chi connectivity index (χ4v) is 2.05. The molecular weight excluding hydrogens is 220 g/mol. The Morgan fingerprint density at radius 2 is 2.06 bits per heavy atom. The van der Waals surface area contributed by atoms with Crippen LogP contribution in [0.1, 0.15) is 26.7 Å². The molecule has 2 N–H and O–H groups in total. The third kappa shape index (κ3) is 8.39. The van der Waals surface area contributed by atoms with Crippen molar-refractivity contribution in [1.82, 2.24) is 4.90 Å². The van der Waals surface area contributed by atoms with Crippen LogP contribution < -0.4 is 5.73 Å². The van der Waals surface area contributed by atoms with Crippen molar-refractivity contribution < 1.29 is 4.74 Å². The molecule has 0 saturated carbocycles. The molecule has 0 aromatic heterocycles. The third-order valence-electron chi connectivity index (χ3n) is 2.68. The van der Waals surface area contributed by atoms with Gasteiger partial charge in [-0.25, -0.2) is 0 Å². The highest BCUT2D eigenvalue weighted by Crippen LogP contribution is 2.07. The molecule has 16 heavy (non-hydrogen) atoms. The average molecular weight is 248 g/mol. The van der Waals surface area contributed by atoms with Gasteiger partial charge in [0.1, 0.15) is 0 Å². The van der Waals surface area contributed by atoms with Gasteiger partial charge in [-0.3, -0.25) is 4.90 Å². The Kier molecular flexibility index (Phi) is 10.5. The van der Waals surface area contributed by atoms with Crippen LogP contribution in [0.2, 0.25) is 0 Å². The molecule has 0 amide bonds. The average Bonchev–Trinajstić information content (AvgIpc) is 2.23. The van der Waals surface area contributed by atoms with E-state index in [0.717, 1.165) is 19.7 Å². The van der Waals surface area contributed by atoms with Crippen molar-refractivity contribution in [3.8, 4) is 0 Å². The lowest BCUT2D eigenvalue weighted by atomic mass is 10.1. The van der Waals surface area contributed by atoms with Crippen molar-refractivity contribution >= 4 is 11.8 Å². The minimum Gasteiger partial charge on any atom is -0.377 e. The minimum atomic E-state index is 0.321. The van der Waals surface area contributed by atoms with Crippen LogP contribution in [0.15, 0.2) is 0 Å². The first-order chi connectivity index (χ1) is 7.61. The molecule has 0 aliphatic carbocycles. The Morgan fingerprint density at radius 3 is 2.56 bits per heavy atom. The lowest BCUT2D eigenvalue weighted by molar-refractivity contribution is 0.0556. The van der Waals surface area contributed by atoms with Crippen molar-refractivity contribution in [3.63, 3.8) is 0 Å². The zero-order chi connectivity index (χ0) is 12.4. The van der Waals surface area contributed by atoms with Crippen LogP contribution in [0.3, 0.4) is 0 Å². The molecule has 0 radical (unpaired) electrons. The van der Waals surface area contributed by atoms with Gasteiger partial charge in [0.2, 0.25) is 0 Å². The second-order valence-electron chi connectivity index (χ2n) is 4.42. The molecule has 0 aliphatic heterocycles. The molecule has 0 rings (SSSR count). The molecule has 3 nitrogen and oxygen atoms in total. The number of hydrogen-bond acceptors (Lipinski definition) is 4. The summed E-state index contributed by atoms with van der Waals surface area (Å²) in [5.74, 6) is 1.23. The van der Waals surface area contributed by atoms with Gasteiger partial charge in [-0.2, -0.15) is 11.8 Å². The predicted molar refractivity (Wildman–Crippen MR) is 74.2 cm³/mol. The Labute approximate surface area is 105 Å². The van der Waals surface area contributed by atoms with Gasteiger partial charge in [-0.1, -0.05) is 0 Å². The maximum atomic E-state index is 5.80. The van der Waals surface area contributed by atoms with Gasteiger partial charge in [-0.05, 0) is 45.7 Å². The van der Waals surface area contributed by atoms with Gasteiger partial charge in [-0.15, -0.1) is 0 Å². The van der Waals surface area contributed by atoms with Crippen LogP contribution in [-0.2, 0) is 4.74 Å². The summed E-state index contributed by atoms with van der Waals surface area (Å²) in [5.41, 5.74) is 5.80. The zero-order valence-corrected chi connectivity index (χ0v) is 12.1. The largest absolute Gasteiger partial charge is 0.377 e. The molecule has 0 fully saturated rings. The summed E-state index contributed by atoms with van der Waals surface area (Å²) in [5, 5.41) is 0. The third-order valence-corrected chi connectivity index (χ3v) is 3.37. The van der Waals surface area contributed by atoms with Crippen molar-refractivity contribution in [2.45, 2.75) is 38.8 Å². The number of thioether (sulfide) groups is 1. The van der Waals surface area contributed by atoms with Crippen LogP contribution in [0, 0.1) is 0 Å². The van der Waals surface area contributed by atoms with E-state index >= 15 is 0 Å². The van der Waals surface area contributed by atoms with Gasteiger partial charge in [0.15, 0.2) is 0 Å². The minimum absolute atomic E-state index is 0.321. The quantitative estimate of drug-likeness (QED) is 0.599. The molecular formula is C12H28N2OS. The number of rotatable bonds is 10. The first-order valence-corrected chi connectivity index (χ1v) is 7.52. The lowest BCUT2D eigenvalue weighted by Crippen LogP contribution is -2.40. The first kappa shape index (κ1) is 16.2. The van der Waals surface area contributed by atoms with Crippen LogP contribution in [0.5, 0.6) is 0 Å². The molecule has 4 heteroatoms. The molecule has 0 heterocycles. The molecule has 0 spiro atoms. The van der Waals surface area contributed by atoms with Crippen molar-refractivity contribution in [3.05, 3.63) is 0 Å². The highest BCUT2D eigenvalue weighted by Gasteiger charge is 2.12. The normalized spacial score (nSPS) is 13.7. The number of hydrogen-bond donors (Lipinski definition) is 1. The summed E-state index contributed by atoms with van der Waals surface area (Å²) in [6, 6.07) is 0.503. The Bertz CT molecular complexity index is 156. The molecule has 0 aromatic carbocycles. The van der Waals surface area contributed by atoms with Crippen LogP contribution >= 0.6 is 11.8 Å². The van der Waals surface area contributed by atoms with Gasteiger partial charge in [0.05, 0.1) is 12.7 Å². The summed E-state index contributed by atoms with van der Waals surface area (Å²) in [6.07, 6.45) is 4.91. The highest BCUT2D eigenvalue weighted by atomic mass is 32.2. The summed E-state index contributed by atoms with van der Waals surface area (Å²) in [7, 11) is 2.14. The van der Waals surface area contributed by atoms with Gasteiger partial charge in [0, 0.05) is 19.1 Å². The van der Waals surface area contributed by atoms with Crippen molar-refractivity contribution in [1.29, 1.82) is 0 Å². The van der Waals surface area contributed by atoms with E-state index < -0.39 is 0 Å². The molecule has 1 atom stereocenters. The van der Waals surface area contributed by atoms with Gasteiger partial charge < -0.3 is 10.5 Å². The van der Waals surface area contributed by atoms with Crippen LogP contribution in [-0.4, -0.2) is 55.8 Å². The molecule has 0 aliphatic rings. The molecule has 0 aromatic rings. The lowest BCUT2D eigenvalue weighted by Gasteiger charge is -2.27. The standard InChI is InChI=1S/C12H28N2OS/c1-11(2)15-8-7-14(3)12(10-13)6-5-9-16-4/h11-12H,5-10,13H2,1-4H3. The summed E-state index contributed by atoms with van der Waals surface area (Å²) >= 11 is 1.90. The van der Waals surface area contributed by atoms with E-state index in [9.17, 15) is 0 Å². The Balaban J connectivity index is 3.68. The first-order valence-electron chi connectivity index (χ1n) is 6.12. The fraction of sp³-hybridized carbons (Fsp3) is 1.00. The number of nitrogens with two attached hydrogens (primary N) is 1. The Hall–Kier alpha value is 0.230. The maximum Gasteiger partial charge on any atom is 0.0596 e. The number of ether oxygens (including phenoxy) is 1. The molecule has 0 saturated heterocycles. The monoisotopic (exact) mass is 248 g/mol. The second kappa shape index (κ2) is 10.4.